The second-order valence-corrected chi connectivity index (χ2v) is 4.71. The van der Waals surface area contributed by atoms with Crippen LogP contribution in [0, 0.1) is 5.92 Å². The van der Waals surface area contributed by atoms with Crippen molar-refractivity contribution in [2.45, 2.75) is 45.8 Å². The zero-order valence-corrected chi connectivity index (χ0v) is 10.5. The van der Waals surface area contributed by atoms with Gasteiger partial charge in [0, 0.05) is 7.11 Å². The number of amides is 1. The van der Waals surface area contributed by atoms with Crippen LogP contribution in [0.2, 0.25) is 0 Å². The topological polar surface area (TPSA) is 75.6 Å². The Bertz CT molecular complexity index is 261. The van der Waals surface area contributed by atoms with Crippen LogP contribution >= 0.6 is 0 Å². The van der Waals surface area contributed by atoms with Crippen LogP contribution in [0.25, 0.3) is 0 Å². The average Bonchev–Trinajstić information content (AvgIpc) is 2.15. The summed E-state index contributed by atoms with van der Waals surface area (Å²) in [5, 5.41) is 11.4. The summed E-state index contributed by atoms with van der Waals surface area (Å²) in [6.45, 7) is 7.00. The van der Waals surface area contributed by atoms with Crippen LogP contribution in [-0.4, -0.2) is 35.7 Å². The number of nitrogens with one attached hydrogen (secondary N) is 1. The Morgan fingerprint density at radius 3 is 2.19 bits per heavy atom. The fourth-order valence-electron chi connectivity index (χ4n) is 1.12. The smallest absolute Gasteiger partial charge is 0.326 e. The molecule has 1 amide bonds. The number of hydrogen-bond acceptors (Lipinski definition) is 3. The van der Waals surface area contributed by atoms with Crippen molar-refractivity contribution in [1.82, 2.24) is 5.32 Å². The van der Waals surface area contributed by atoms with Crippen molar-refractivity contribution in [3.05, 3.63) is 0 Å². The highest BCUT2D eigenvalue weighted by Crippen LogP contribution is 2.10. The summed E-state index contributed by atoms with van der Waals surface area (Å²) >= 11 is 0. The van der Waals surface area contributed by atoms with E-state index in [-0.39, 0.29) is 5.92 Å². The van der Waals surface area contributed by atoms with Gasteiger partial charge in [0.2, 0.25) is 0 Å². The Labute approximate surface area is 96.2 Å². The van der Waals surface area contributed by atoms with E-state index >= 15 is 0 Å². The van der Waals surface area contributed by atoms with E-state index in [1.165, 1.54) is 7.11 Å². The maximum absolute atomic E-state index is 11.7. The Balaban J connectivity index is 4.52. The number of carbonyl (C=O) groups excluding carboxylic acids is 1. The molecular formula is C11H21NO4. The summed E-state index contributed by atoms with van der Waals surface area (Å²) in [7, 11) is 1.41. The lowest BCUT2D eigenvalue weighted by molar-refractivity contribution is -0.147. The first-order valence-electron chi connectivity index (χ1n) is 5.29. The zero-order valence-electron chi connectivity index (χ0n) is 10.5. The van der Waals surface area contributed by atoms with Gasteiger partial charge in [-0.25, -0.2) is 4.79 Å². The van der Waals surface area contributed by atoms with Gasteiger partial charge in [0.25, 0.3) is 5.91 Å². The molecule has 0 aromatic carbocycles. The van der Waals surface area contributed by atoms with Crippen LogP contribution in [0.4, 0.5) is 0 Å². The van der Waals surface area contributed by atoms with Gasteiger partial charge in [0.15, 0.2) is 0 Å². The second kappa shape index (κ2) is 5.84. The van der Waals surface area contributed by atoms with Crippen LogP contribution in [0.5, 0.6) is 0 Å². The molecule has 16 heavy (non-hydrogen) atoms. The van der Waals surface area contributed by atoms with E-state index < -0.39 is 23.5 Å². The molecule has 0 aliphatic rings. The predicted molar refractivity (Wildman–Crippen MR) is 60.1 cm³/mol. The number of methoxy groups -OCH3 is 1. The molecule has 0 spiro atoms. The Morgan fingerprint density at radius 2 is 1.88 bits per heavy atom. The molecule has 0 aliphatic carbocycles. The van der Waals surface area contributed by atoms with Crippen LogP contribution in [-0.2, 0) is 14.3 Å². The lowest BCUT2D eigenvalue weighted by Gasteiger charge is -2.25. The van der Waals surface area contributed by atoms with Crippen molar-refractivity contribution in [3.8, 4) is 0 Å². The van der Waals surface area contributed by atoms with Gasteiger partial charge >= 0.3 is 5.97 Å². The van der Waals surface area contributed by atoms with E-state index in [4.69, 9.17) is 9.84 Å². The van der Waals surface area contributed by atoms with Gasteiger partial charge in [-0.1, -0.05) is 13.8 Å². The lowest BCUT2D eigenvalue weighted by Crippen LogP contribution is -2.50. The number of rotatable bonds is 6. The van der Waals surface area contributed by atoms with E-state index in [0.29, 0.717) is 6.42 Å². The lowest BCUT2D eigenvalue weighted by atomic mass is 10.0. The molecule has 1 atom stereocenters. The summed E-state index contributed by atoms with van der Waals surface area (Å²) in [5.74, 6) is -1.23. The quantitative estimate of drug-likeness (QED) is 0.715. The normalized spacial score (nSPS) is 13.6. The zero-order chi connectivity index (χ0) is 12.9. The minimum Gasteiger partial charge on any atom is -0.480 e. The van der Waals surface area contributed by atoms with E-state index in [9.17, 15) is 9.59 Å². The van der Waals surface area contributed by atoms with Crippen molar-refractivity contribution in [2.24, 2.45) is 5.92 Å². The molecule has 0 heterocycles. The van der Waals surface area contributed by atoms with E-state index in [1.807, 2.05) is 13.8 Å². The fourth-order valence-corrected chi connectivity index (χ4v) is 1.12. The number of carboxylic acid groups (broad SMARTS) is 1. The van der Waals surface area contributed by atoms with Crippen LogP contribution in [0.1, 0.15) is 34.1 Å². The third kappa shape index (κ3) is 4.61. The molecule has 5 heteroatoms. The molecule has 0 bridgehead atoms. The molecule has 0 radical (unpaired) electrons. The van der Waals surface area contributed by atoms with Gasteiger partial charge in [-0.15, -0.1) is 0 Å². The molecule has 0 saturated heterocycles. The van der Waals surface area contributed by atoms with E-state index in [2.05, 4.69) is 5.32 Å². The Hall–Kier alpha value is -1.10. The minimum atomic E-state index is -1.02. The molecule has 5 nitrogen and oxygen atoms in total. The average molecular weight is 231 g/mol. The highest BCUT2D eigenvalue weighted by Gasteiger charge is 2.31. The van der Waals surface area contributed by atoms with Crippen molar-refractivity contribution in [3.63, 3.8) is 0 Å². The van der Waals surface area contributed by atoms with Gasteiger partial charge in [-0.05, 0) is 26.2 Å². The molecule has 0 rings (SSSR count). The SMILES string of the molecule is COC(C)(C)C(=O)N[C@@H](CC(C)C)C(=O)O. The Morgan fingerprint density at radius 1 is 1.38 bits per heavy atom. The van der Waals surface area contributed by atoms with E-state index in [1.54, 1.807) is 13.8 Å². The number of ether oxygens (including phenoxy) is 1. The van der Waals surface area contributed by atoms with Gasteiger partial charge in [0.1, 0.15) is 11.6 Å². The summed E-state index contributed by atoms with van der Waals surface area (Å²) < 4.78 is 4.98. The highest BCUT2D eigenvalue weighted by atomic mass is 16.5. The number of carbonyl (C=O) groups is 2. The summed E-state index contributed by atoms with van der Waals surface area (Å²) in [6, 6.07) is -0.859. The third-order valence-corrected chi connectivity index (χ3v) is 2.37. The molecule has 0 saturated carbocycles. The minimum absolute atomic E-state index is 0.201. The second-order valence-electron chi connectivity index (χ2n) is 4.71. The van der Waals surface area contributed by atoms with E-state index in [0.717, 1.165) is 0 Å². The third-order valence-electron chi connectivity index (χ3n) is 2.37. The molecule has 0 fully saturated rings. The summed E-state index contributed by atoms with van der Waals surface area (Å²) in [6.07, 6.45) is 0.404. The monoisotopic (exact) mass is 231 g/mol. The fraction of sp³-hybridized carbons (Fsp3) is 0.818. The van der Waals surface area contributed by atoms with Crippen LogP contribution < -0.4 is 5.32 Å². The first kappa shape index (κ1) is 14.9. The molecule has 2 N–H and O–H groups in total. The van der Waals surface area contributed by atoms with Gasteiger partial charge < -0.3 is 15.2 Å². The molecule has 0 aromatic rings. The Kier molecular flexibility index (Phi) is 5.44. The standard InChI is InChI=1S/C11H21NO4/c1-7(2)6-8(9(13)14)12-10(15)11(3,4)16-5/h7-8H,6H2,1-5H3,(H,12,15)(H,13,14)/t8-/m0/s1. The molecule has 0 unspecified atom stereocenters. The van der Waals surface area contributed by atoms with Gasteiger partial charge in [-0.3, -0.25) is 4.79 Å². The van der Waals surface area contributed by atoms with Crippen molar-refractivity contribution < 1.29 is 19.4 Å². The first-order chi connectivity index (χ1) is 7.20. The summed E-state index contributed by atoms with van der Waals surface area (Å²) in [4.78, 5) is 22.6. The largest absolute Gasteiger partial charge is 0.480 e. The van der Waals surface area contributed by atoms with Crippen LogP contribution in [0.15, 0.2) is 0 Å². The van der Waals surface area contributed by atoms with Crippen molar-refractivity contribution in [1.29, 1.82) is 0 Å². The van der Waals surface area contributed by atoms with Crippen LogP contribution in [0.3, 0.4) is 0 Å². The van der Waals surface area contributed by atoms with Gasteiger partial charge in [-0.2, -0.15) is 0 Å². The first-order valence-corrected chi connectivity index (χ1v) is 5.29. The number of aliphatic carboxylic acids is 1. The molecular weight excluding hydrogens is 210 g/mol. The van der Waals surface area contributed by atoms with Gasteiger partial charge in [0.05, 0.1) is 0 Å². The predicted octanol–water partition coefficient (Wildman–Crippen LogP) is 1.03. The number of carboxylic acids is 1. The van der Waals surface area contributed by atoms with Crippen molar-refractivity contribution in [2.75, 3.05) is 7.11 Å². The maximum atomic E-state index is 11.7. The molecule has 0 aliphatic heterocycles. The molecule has 0 aromatic heterocycles. The van der Waals surface area contributed by atoms with Crippen molar-refractivity contribution >= 4 is 11.9 Å². The maximum Gasteiger partial charge on any atom is 0.326 e. The highest BCUT2D eigenvalue weighted by molar-refractivity contribution is 5.88. The number of hydrogen-bond donors (Lipinski definition) is 2. The summed E-state index contributed by atoms with van der Waals surface area (Å²) in [5.41, 5.74) is -1.01. The molecule has 94 valence electrons.